The van der Waals surface area contributed by atoms with E-state index in [9.17, 15) is 22.4 Å². The number of aryl methyl sites for hydroxylation is 1. The maximum atomic E-state index is 13.8. The van der Waals surface area contributed by atoms with Crippen LogP contribution >= 0.6 is 0 Å². The molecule has 160 valence electrons. The third-order valence-electron chi connectivity index (χ3n) is 4.51. The Morgan fingerprint density at radius 1 is 0.935 bits per heavy atom. The lowest BCUT2D eigenvalue weighted by Crippen LogP contribution is -2.05. The Hall–Kier alpha value is -3.61. The van der Waals surface area contributed by atoms with Crippen molar-refractivity contribution in [2.75, 3.05) is 7.11 Å². The fourth-order valence-corrected chi connectivity index (χ4v) is 2.83. The van der Waals surface area contributed by atoms with Gasteiger partial charge in [0.2, 0.25) is 11.6 Å². The minimum absolute atomic E-state index is 0.106. The molecule has 0 amide bonds. The van der Waals surface area contributed by atoms with E-state index in [1.54, 1.807) is 36.4 Å². The summed E-state index contributed by atoms with van der Waals surface area (Å²) in [5, 5.41) is 0. The maximum absolute atomic E-state index is 13.8. The molecule has 0 radical (unpaired) electrons. The second-order valence-corrected chi connectivity index (χ2v) is 6.72. The van der Waals surface area contributed by atoms with Crippen molar-refractivity contribution in [1.29, 1.82) is 0 Å². The highest BCUT2D eigenvalue weighted by atomic mass is 19.2. The molecule has 0 spiro atoms. The smallest absolute Gasteiger partial charge is 0.203 e. The van der Waals surface area contributed by atoms with Crippen LogP contribution in [0.4, 0.5) is 17.6 Å². The predicted octanol–water partition coefficient (Wildman–Crippen LogP) is 6.04. The van der Waals surface area contributed by atoms with Crippen molar-refractivity contribution in [3.05, 3.63) is 100 Å². The van der Waals surface area contributed by atoms with Crippen molar-refractivity contribution in [1.82, 2.24) is 0 Å². The Kier molecular flexibility index (Phi) is 6.74. The number of hydrogen-bond acceptors (Lipinski definition) is 3. The van der Waals surface area contributed by atoms with Crippen LogP contribution in [0.3, 0.4) is 0 Å². The molecule has 0 N–H and O–H groups in total. The molecule has 0 aromatic heterocycles. The molecule has 7 heteroatoms. The van der Waals surface area contributed by atoms with Crippen LogP contribution in [0, 0.1) is 30.2 Å². The quantitative estimate of drug-likeness (QED) is 0.199. The predicted molar refractivity (Wildman–Crippen MR) is 108 cm³/mol. The summed E-state index contributed by atoms with van der Waals surface area (Å²) in [7, 11) is 1.39. The van der Waals surface area contributed by atoms with E-state index >= 15 is 0 Å². The molecular formula is C24H18F4O3. The molecule has 0 heterocycles. The lowest BCUT2D eigenvalue weighted by molar-refractivity contribution is 0.104. The Morgan fingerprint density at radius 3 is 2.19 bits per heavy atom. The van der Waals surface area contributed by atoms with Crippen LogP contribution < -0.4 is 9.47 Å². The molecule has 0 bridgehead atoms. The van der Waals surface area contributed by atoms with Crippen LogP contribution in [-0.4, -0.2) is 12.9 Å². The average molecular weight is 430 g/mol. The third kappa shape index (κ3) is 5.12. The number of halogens is 4. The molecular weight excluding hydrogens is 412 g/mol. The van der Waals surface area contributed by atoms with E-state index in [0.29, 0.717) is 22.4 Å². The van der Waals surface area contributed by atoms with Crippen molar-refractivity contribution in [3.63, 3.8) is 0 Å². The van der Waals surface area contributed by atoms with Gasteiger partial charge in [-0.05, 0) is 30.7 Å². The number of methoxy groups -OCH3 is 1. The van der Waals surface area contributed by atoms with Crippen molar-refractivity contribution in [2.24, 2.45) is 0 Å². The molecule has 0 atom stereocenters. The Bertz CT molecular complexity index is 1110. The van der Waals surface area contributed by atoms with E-state index in [2.05, 4.69) is 0 Å². The minimum Gasteiger partial charge on any atom is -0.496 e. The van der Waals surface area contributed by atoms with Gasteiger partial charge in [-0.15, -0.1) is 0 Å². The minimum atomic E-state index is -1.63. The van der Waals surface area contributed by atoms with E-state index in [4.69, 9.17) is 9.47 Å². The largest absolute Gasteiger partial charge is 0.496 e. The monoisotopic (exact) mass is 430 g/mol. The summed E-state index contributed by atoms with van der Waals surface area (Å²) < 4.78 is 64.6. The van der Waals surface area contributed by atoms with E-state index in [-0.39, 0.29) is 11.8 Å². The topological polar surface area (TPSA) is 35.5 Å². The zero-order valence-corrected chi connectivity index (χ0v) is 16.7. The fourth-order valence-electron chi connectivity index (χ4n) is 2.83. The summed E-state index contributed by atoms with van der Waals surface area (Å²) in [6, 6.07) is 12.0. The first kappa shape index (κ1) is 22.1. The van der Waals surface area contributed by atoms with Gasteiger partial charge in [0.1, 0.15) is 12.4 Å². The number of carbonyl (C=O) groups is 1. The number of carbonyl (C=O) groups excluding carboxylic acids is 1. The summed E-state index contributed by atoms with van der Waals surface area (Å²) in [5.74, 6) is -7.41. The van der Waals surface area contributed by atoms with Gasteiger partial charge in [0.05, 0.1) is 7.11 Å². The van der Waals surface area contributed by atoms with Crippen LogP contribution in [0.2, 0.25) is 0 Å². The van der Waals surface area contributed by atoms with E-state index in [1.807, 2.05) is 19.1 Å². The summed E-state index contributed by atoms with van der Waals surface area (Å²) >= 11 is 0. The highest BCUT2D eigenvalue weighted by Crippen LogP contribution is 2.29. The van der Waals surface area contributed by atoms with Gasteiger partial charge in [0.25, 0.3) is 0 Å². The number of hydrogen-bond donors (Lipinski definition) is 0. The maximum Gasteiger partial charge on any atom is 0.203 e. The molecule has 3 aromatic rings. The number of ketones is 1. The van der Waals surface area contributed by atoms with Gasteiger partial charge in [-0.1, -0.05) is 42.0 Å². The number of rotatable bonds is 7. The second-order valence-electron chi connectivity index (χ2n) is 6.72. The number of ether oxygens (including phenoxy) is 2. The summed E-state index contributed by atoms with van der Waals surface area (Å²) in [6.07, 6.45) is 2.95. The van der Waals surface area contributed by atoms with Crippen LogP contribution in [0.15, 0.2) is 54.6 Å². The van der Waals surface area contributed by atoms with Gasteiger partial charge < -0.3 is 9.47 Å². The highest BCUT2D eigenvalue weighted by molar-refractivity contribution is 6.06. The van der Waals surface area contributed by atoms with Crippen molar-refractivity contribution in [3.8, 4) is 11.5 Å². The molecule has 3 rings (SSSR count). The van der Waals surface area contributed by atoms with Gasteiger partial charge in [-0.2, -0.15) is 8.78 Å². The van der Waals surface area contributed by atoms with Crippen LogP contribution in [0.1, 0.15) is 27.0 Å². The SMILES string of the molecule is COc1ccc(/C=C/C(=O)c2ccc(C)cc2)cc1COc1c(F)c(F)cc(F)c1F. The Balaban J connectivity index is 1.81. The van der Waals surface area contributed by atoms with Crippen LogP contribution in [0.5, 0.6) is 11.5 Å². The standard InChI is InChI=1S/C24H18F4O3/c1-14-3-7-16(8-4-14)20(29)9-5-15-6-10-21(30-2)17(11-15)13-31-24-22(27)18(25)12-19(26)23(24)28/h3-12H,13H2,1-2H3/b9-5+. The molecule has 3 aromatic carbocycles. The molecule has 0 fully saturated rings. The summed E-state index contributed by atoms with van der Waals surface area (Å²) in [4.78, 5) is 12.3. The first-order valence-corrected chi connectivity index (χ1v) is 9.22. The molecule has 31 heavy (non-hydrogen) atoms. The van der Waals surface area contributed by atoms with Crippen molar-refractivity contribution in [2.45, 2.75) is 13.5 Å². The van der Waals surface area contributed by atoms with E-state index < -0.39 is 35.6 Å². The van der Waals surface area contributed by atoms with Gasteiger partial charge in [0.15, 0.2) is 23.2 Å². The van der Waals surface area contributed by atoms with Gasteiger partial charge >= 0.3 is 0 Å². The summed E-state index contributed by atoms with van der Waals surface area (Å²) in [5.41, 5.74) is 2.51. The normalized spacial score (nSPS) is 11.0. The second kappa shape index (κ2) is 9.47. The van der Waals surface area contributed by atoms with Crippen molar-refractivity contribution < 1.29 is 31.8 Å². The highest BCUT2D eigenvalue weighted by Gasteiger charge is 2.21. The Morgan fingerprint density at radius 2 is 1.58 bits per heavy atom. The van der Waals surface area contributed by atoms with E-state index in [0.717, 1.165) is 5.56 Å². The average Bonchev–Trinajstić information content (AvgIpc) is 2.76. The number of benzene rings is 3. The molecule has 3 nitrogen and oxygen atoms in total. The van der Waals surface area contributed by atoms with Gasteiger partial charge in [-0.3, -0.25) is 4.79 Å². The summed E-state index contributed by atoms with van der Waals surface area (Å²) in [6.45, 7) is 1.49. The molecule has 0 saturated carbocycles. The van der Waals surface area contributed by atoms with Crippen molar-refractivity contribution >= 4 is 11.9 Å². The molecule has 0 aliphatic rings. The van der Waals surface area contributed by atoms with Crippen LogP contribution in [0.25, 0.3) is 6.08 Å². The fraction of sp³-hybridized carbons (Fsp3) is 0.125. The molecule has 0 aliphatic heterocycles. The zero-order valence-electron chi connectivity index (χ0n) is 16.7. The van der Waals surface area contributed by atoms with Gasteiger partial charge in [0, 0.05) is 17.2 Å². The molecule has 0 aliphatic carbocycles. The molecule has 0 saturated heterocycles. The van der Waals surface area contributed by atoms with Crippen LogP contribution in [-0.2, 0) is 6.61 Å². The first-order chi connectivity index (χ1) is 14.8. The third-order valence-corrected chi connectivity index (χ3v) is 4.51. The van der Waals surface area contributed by atoms with Gasteiger partial charge in [-0.25, -0.2) is 8.78 Å². The first-order valence-electron chi connectivity index (χ1n) is 9.22. The molecule has 0 unspecified atom stereocenters. The Labute approximate surface area is 176 Å². The number of allylic oxidation sites excluding steroid dienone is 1. The lowest BCUT2D eigenvalue weighted by Gasteiger charge is -2.13. The lowest BCUT2D eigenvalue weighted by atomic mass is 10.1. The van der Waals surface area contributed by atoms with E-state index in [1.165, 1.54) is 13.2 Å². The zero-order chi connectivity index (χ0) is 22.5.